The number of aliphatic carboxylic acids is 1. The highest BCUT2D eigenvalue weighted by Gasteiger charge is 2.39. The number of fused-ring (bicyclic) bond motifs is 1. The zero-order chi connectivity index (χ0) is 12.3. The number of aryl methyl sites for hydroxylation is 1. The van der Waals surface area contributed by atoms with Gasteiger partial charge in [-0.2, -0.15) is 0 Å². The molecule has 2 N–H and O–H groups in total. The van der Waals surface area contributed by atoms with Crippen LogP contribution in [0.2, 0.25) is 0 Å². The third-order valence-corrected chi connectivity index (χ3v) is 3.52. The molecule has 0 heterocycles. The molecule has 1 atom stereocenters. The van der Waals surface area contributed by atoms with Crippen molar-refractivity contribution in [2.45, 2.75) is 38.1 Å². The Bertz CT molecular complexity index is 416. The molecule has 3 nitrogen and oxygen atoms in total. The molecule has 2 rings (SSSR count). The van der Waals surface area contributed by atoms with Crippen LogP contribution < -0.4 is 5.32 Å². The Morgan fingerprint density at radius 3 is 2.94 bits per heavy atom. The molecule has 1 aliphatic carbocycles. The van der Waals surface area contributed by atoms with Crippen LogP contribution in [0.5, 0.6) is 0 Å². The van der Waals surface area contributed by atoms with E-state index in [2.05, 4.69) is 24.4 Å². The average molecular weight is 233 g/mol. The highest BCUT2D eigenvalue weighted by Crippen LogP contribution is 2.39. The van der Waals surface area contributed by atoms with Gasteiger partial charge in [0, 0.05) is 0 Å². The number of carboxylic acid groups (broad SMARTS) is 1. The van der Waals surface area contributed by atoms with Crippen molar-refractivity contribution in [3.63, 3.8) is 0 Å². The number of carboxylic acids is 1. The van der Waals surface area contributed by atoms with E-state index in [0.29, 0.717) is 0 Å². The van der Waals surface area contributed by atoms with E-state index < -0.39 is 5.97 Å². The van der Waals surface area contributed by atoms with Crippen LogP contribution in [0.15, 0.2) is 24.3 Å². The van der Waals surface area contributed by atoms with Crippen molar-refractivity contribution in [1.82, 2.24) is 5.32 Å². The lowest BCUT2D eigenvalue weighted by molar-refractivity contribution is -0.138. The summed E-state index contributed by atoms with van der Waals surface area (Å²) < 4.78 is 0. The first-order valence-electron chi connectivity index (χ1n) is 6.23. The Balaban J connectivity index is 2.32. The quantitative estimate of drug-likeness (QED) is 0.820. The van der Waals surface area contributed by atoms with Gasteiger partial charge in [-0.15, -0.1) is 0 Å². The van der Waals surface area contributed by atoms with Crippen LogP contribution in [0.1, 0.15) is 37.3 Å². The Hall–Kier alpha value is -1.35. The molecular formula is C14H19NO2. The molecule has 1 aliphatic rings. The van der Waals surface area contributed by atoms with Gasteiger partial charge in [-0.25, -0.2) is 0 Å². The van der Waals surface area contributed by atoms with Gasteiger partial charge in [0.15, 0.2) is 0 Å². The summed E-state index contributed by atoms with van der Waals surface area (Å²) in [5.74, 6) is -0.731. The van der Waals surface area contributed by atoms with Gasteiger partial charge in [0.2, 0.25) is 0 Å². The predicted molar refractivity (Wildman–Crippen MR) is 67.0 cm³/mol. The molecule has 0 radical (unpaired) electrons. The van der Waals surface area contributed by atoms with Crippen molar-refractivity contribution in [2.24, 2.45) is 0 Å². The van der Waals surface area contributed by atoms with Gasteiger partial charge in [-0.1, -0.05) is 31.2 Å². The highest BCUT2D eigenvalue weighted by atomic mass is 16.4. The van der Waals surface area contributed by atoms with Crippen molar-refractivity contribution in [3.8, 4) is 0 Å². The van der Waals surface area contributed by atoms with Gasteiger partial charge in [-0.05, 0) is 36.9 Å². The maximum atomic E-state index is 11.1. The van der Waals surface area contributed by atoms with Gasteiger partial charge in [-0.3, -0.25) is 4.79 Å². The topological polar surface area (TPSA) is 49.3 Å². The molecule has 0 saturated carbocycles. The van der Waals surface area contributed by atoms with Crippen LogP contribution in [0, 0.1) is 0 Å². The van der Waals surface area contributed by atoms with Gasteiger partial charge in [0.1, 0.15) is 0 Å². The smallest absolute Gasteiger partial charge is 0.305 e. The van der Waals surface area contributed by atoms with Crippen LogP contribution >= 0.6 is 0 Å². The molecule has 0 fully saturated rings. The maximum Gasteiger partial charge on any atom is 0.305 e. The summed E-state index contributed by atoms with van der Waals surface area (Å²) in [7, 11) is 0. The monoisotopic (exact) mass is 233 g/mol. The molecule has 0 aromatic heterocycles. The van der Waals surface area contributed by atoms with E-state index in [1.165, 1.54) is 11.1 Å². The molecule has 0 amide bonds. The van der Waals surface area contributed by atoms with Crippen molar-refractivity contribution >= 4 is 5.97 Å². The lowest BCUT2D eigenvalue weighted by atomic mass is 9.88. The minimum atomic E-state index is -0.731. The first kappa shape index (κ1) is 12.1. The lowest BCUT2D eigenvalue weighted by Crippen LogP contribution is -2.42. The minimum Gasteiger partial charge on any atom is -0.481 e. The van der Waals surface area contributed by atoms with E-state index in [9.17, 15) is 4.79 Å². The minimum absolute atomic E-state index is 0.171. The van der Waals surface area contributed by atoms with Gasteiger partial charge < -0.3 is 10.4 Å². The molecule has 3 heteroatoms. The third kappa shape index (κ3) is 2.34. The Morgan fingerprint density at radius 2 is 2.24 bits per heavy atom. The maximum absolute atomic E-state index is 11.1. The molecular weight excluding hydrogens is 214 g/mol. The SMILES string of the molecule is CCCNC1(CC(=O)O)CCc2ccccc21. The predicted octanol–water partition coefficient (Wildman–Crippen LogP) is 2.30. The van der Waals surface area contributed by atoms with Crippen LogP contribution in [-0.4, -0.2) is 17.6 Å². The third-order valence-electron chi connectivity index (χ3n) is 3.52. The zero-order valence-electron chi connectivity index (χ0n) is 10.2. The second-order valence-electron chi connectivity index (χ2n) is 4.74. The van der Waals surface area contributed by atoms with Gasteiger partial charge in [0.25, 0.3) is 0 Å². The fourth-order valence-electron chi connectivity index (χ4n) is 2.74. The molecule has 0 bridgehead atoms. The second-order valence-corrected chi connectivity index (χ2v) is 4.74. The molecule has 92 valence electrons. The van der Waals surface area contributed by atoms with Crippen molar-refractivity contribution in [3.05, 3.63) is 35.4 Å². The lowest BCUT2D eigenvalue weighted by Gasteiger charge is -2.30. The van der Waals surface area contributed by atoms with E-state index in [-0.39, 0.29) is 12.0 Å². The molecule has 0 spiro atoms. The number of benzene rings is 1. The Morgan fingerprint density at radius 1 is 1.47 bits per heavy atom. The van der Waals surface area contributed by atoms with Crippen molar-refractivity contribution in [2.75, 3.05) is 6.54 Å². The standard InChI is InChI=1S/C14H19NO2/c1-2-9-15-14(10-13(16)17)8-7-11-5-3-4-6-12(11)14/h3-6,15H,2,7-10H2,1H3,(H,16,17). The van der Waals surface area contributed by atoms with Crippen LogP contribution in [-0.2, 0) is 16.8 Å². The summed E-state index contributed by atoms with van der Waals surface area (Å²) in [5, 5.41) is 12.6. The normalized spacial score (nSPS) is 22.4. The van der Waals surface area contributed by atoms with Crippen LogP contribution in [0.4, 0.5) is 0 Å². The summed E-state index contributed by atoms with van der Waals surface area (Å²) >= 11 is 0. The number of hydrogen-bond acceptors (Lipinski definition) is 2. The summed E-state index contributed by atoms with van der Waals surface area (Å²) in [6.07, 6.45) is 3.05. The van der Waals surface area contributed by atoms with E-state index in [0.717, 1.165) is 25.8 Å². The number of rotatable bonds is 5. The van der Waals surface area contributed by atoms with E-state index in [4.69, 9.17) is 5.11 Å². The van der Waals surface area contributed by atoms with E-state index in [1.54, 1.807) is 0 Å². The zero-order valence-corrected chi connectivity index (χ0v) is 10.2. The van der Waals surface area contributed by atoms with Gasteiger partial charge in [0.05, 0.1) is 12.0 Å². The average Bonchev–Trinajstić information content (AvgIpc) is 2.66. The number of hydrogen-bond donors (Lipinski definition) is 2. The number of nitrogens with one attached hydrogen (secondary N) is 1. The molecule has 1 aromatic rings. The number of carbonyl (C=O) groups is 1. The molecule has 1 unspecified atom stereocenters. The van der Waals surface area contributed by atoms with Crippen LogP contribution in [0.25, 0.3) is 0 Å². The van der Waals surface area contributed by atoms with Crippen molar-refractivity contribution in [1.29, 1.82) is 0 Å². The summed E-state index contributed by atoms with van der Waals surface area (Å²) in [6, 6.07) is 8.18. The van der Waals surface area contributed by atoms with E-state index in [1.807, 2.05) is 12.1 Å². The molecule has 0 saturated heterocycles. The fraction of sp³-hybridized carbons (Fsp3) is 0.500. The van der Waals surface area contributed by atoms with Gasteiger partial charge >= 0.3 is 5.97 Å². The summed E-state index contributed by atoms with van der Waals surface area (Å²) in [6.45, 7) is 2.96. The van der Waals surface area contributed by atoms with Crippen LogP contribution in [0.3, 0.4) is 0 Å². The second kappa shape index (κ2) is 4.88. The first-order chi connectivity index (χ1) is 8.18. The molecule has 0 aliphatic heterocycles. The molecule has 17 heavy (non-hydrogen) atoms. The fourth-order valence-corrected chi connectivity index (χ4v) is 2.74. The highest BCUT2D eigenvalue weighted by molar-refractivity contribution is 5.69. The Labute approximate surface area is 102 Å². The van der Waals surface area contributed by atoms with Crippen molar-refractivity contribution < 1.29 is 9.90 Å². The first-order valence-corrected chi connectivity index (χ1v) is 6.23. The largest absolute Gasteiger partial charge is 0.481 e. The Kier molecular flexibility index (Phi) is 3.48. The summed E-state index contributed by atoms with van der Waals surface area (Å²) in [5.41, 5.74) is 2.12. The molecule has 1 aromatic carbocycles. The summed E-state index contributed by atoms with van der Waals surface area (Å²) in [4.78, 5) is 11.1. The van der Waals surface area contributed by atoms with E-state index >= 15 is 0 Å².